The Morgan fingerprint density at radius 3 is 0.946 bits per heavy atom. The third-order valence-electron chi connectivity index (χ3n) is 14.7. The van der Waals surface area contributed by atoms with Crippen molar-refractivity contribution >= 4 is 66.7 Å². The van der Waals surface area contributed by atoms with Crippen molar-refractivity contribution in [2.24, 2.45) is 0 Å². The summed E-state index contributed by atoms with van der Waals surface area (Å²) < 4.78 is 16.9. The molecule has 8 aromatic carbocycles. The maximum atomic E-state index is 14.2. The number of ether oxygens (including phenoxy) is 2. The van der Waals surface area contributed by atoms with Gasteiger partial charge in [0.25, 0.3) is 0 Å². The van der Waals surface area contributed by atoms with Gasteiger partial charge in [-0.3, -0.25) is 19.2 Å². The van der Waals surface area contributed by atoms with Crippen LogP contribution in [0.3, 0.4) is 0 Å². The fourth-order valence-corrected chi connectivity index (χ4v) is 11.2. The fraction of sp³-hybridized carbons (Fsp3) is 0.212. The molecule has 0 amide bonds. The van der Waals surface area contributed by atoms with Crippen molar-refractivity contribution < 1.29 is 28.7 Å². The van der Waals surface area contributed by atoms with Crippen LogP contribution in [0.25, 0.3) is 43.6 Å². The topological polar surface area (TPSA) is 96.6 Å². The lowest BCUT2D eigenvalue weighted by Crippen LogP contribution is -2.12. The van der Waals surface area contributed by atoms with Gasteiger partial charge in [0, 0.05) is 101 Å². The fourth-order valence-electron chi connectivity index (χ4n) is 11.2. The van der Waals surface area contributed by atoms with Crippen molar-refractivity contribution in [1.29, 1.82) is 0 Å². The number of carbonyl (C=O) groups excluding carboxylic acids is 4. The summed E-state index contributed by atoms with van der Waals surface area (Å²) in [4.78, 5) is 56.1. The van der Waals surface area contributed by atoms with Crippen LogP contribution in [-0.2, 0) is 22.6 Å². The van der Waals surface area contributed by atoms with E-state index in [1.54, 1.807) is 0 Å². The van der Waals surface area contributed by atoms with Crippen LogP contribution >= 0.6 is 0 Å². The molecule has 0 radical (unpaired) electrons. The first kappa shape index (κ1) is 49.5. The monoisotopic (exact) mass is 976 g/mol. The van der Waals surface area contributed by atoms with Crippen molar-refractivity contribution in [3.8, 4) is 0 Å². The number of benzene rings is 8. The zero-order chi connectivity index (χ0) is 51.9. The number of hydrogen-bond donors (Lipinski definition) is 0. The molecule has 2 aromatic heterocycles. The summed E-state index contributed by atoms with van der Waals surface area (Å²) in [6, 6.07) is 46.9. The zero-order valence-corrected chi connectivity index (χ0v) is 43.4. The average molecular weight is 977 g/mol. The van der Waals surface area contributed by atoms with Crippen LogP contribution in [-0.4, -0.2) is 58.7 Å². The lowest BCUT2D eigenvalue weighted by Gasteiger charge is -2.12. The van der Waals surface area contributed by atoms with Crippen LogP contribution in [0.5, 0.6) is 0 Å². The quantitative estimate of drug-likeness (QED) is 0.0666. The second kappa shape index (κ2) is 20.5. The molecular weight excluding hydrogens is 917 g/mol. The predicted octanol–water partition coefficient (Wildman–Crippen LogP) is 14.0. The van der Waals surface area contributed by atoms with Crippen LogP contribution in [0.15, 0.2) is 146 Å². The van der Waals surface area contributed by atoms with E-state index in [1.165, 1.54) is 0 Å². The van der Waals surface area contributed by atoms with Crippen LogP contribution in [0.1, 0.15) is 108 Å². The van der Waals surface area contributed by atoms with Crippen molar-refractivity contribution in [1.82, 2.24) is 9.13 Å². The number of hydrogen-bond acceptors (Lipinski definition) is 6. The normalized spacial score (nSPS) is 11.6. The lowest BCUT2D eigenvalue weighted by atomic mass is 9.92. The standard InChI is InChI=1S/C66H60N2O6/c1-39-31-43(5)61(44(6)32-39)65(71)49-19-23-59-55(37-49)53-35-47(63(69)51-15-11-9-13-41(51)3)17-21-57(53)67(59)25-27-73-29-30-74-28-26-68-58-22-18-48(64(70)52-16-12-10-14-42(52)4)36-54(58)56-38-50(20-24-60(56)68)66(72)62-45(7)33-40(2)34-46(62)8/h9-24,31-38H,25-30H2,1-8H3. The second-order valence-corrected chi connectivity index (χ2v) is 19.9. The van der Waals surface area contributed by atoms with E-state index >= 15 is 0 Å². The molecule has 74 heavy (non-hydrogen) atoms. The molecule has 0 N–H and O–H groups in total. The predicted molar refractivity (Wildman–Crippen MR) is 298 cm³/mol. The molecule has 0 spiro atoms. The van der Waals surface area contributed by atoms with E-state index in [1.807, 2.05) is 201 Å². The van der Waals surface area contributed by atoms with E-state index in [2.05, 4.69) is 9.13 Å². The van der Waals surface area contributed by atoms with Gasteiger partial charge in [0.15, 0.2) is 23.1 Å². The number of fused-ring (bicyclic) bond motifs is 6. The number of ketones is 4. The minimum absolute atomic E-state index is 0.0272. The largest absolute Gasteiger partial charge is 0.377 e. The van der Waals surface area contributed by atoms with E-state index in [0.717, 1.165) is 88.1 Å². The van der Waals surface area contributed by atoms with E-state index < -0.39 is 0 Å². The Morgan fingerprint density at radius 2 is 0.635 bits per heavy atom. The first-order chi connectivity index (χ1) is 35.7. The average Bonchev–Trinajstić information content (AvgIpc) is 3.87. The van der Waals surface area contributed by atoms with Gasteiger partial charge in [-0.25, -0.2) is 0 Å². The molecule has 2 heterocycles. The number of aromatic nitrogens is 2. The Bertz CT molecular complexity index is 3620. The van der Waals surface area contributed by atoms with Crippen LogP contribution in [0.2, 0.25) is 0 Å². The molecule has 0 atom stereocenters. The minimum Gasteiger partial charge on any atom is -0.377 e. The number of nitrogens with zero attached hydrogens (tertiary/aromatic N) is 2. The van der Waals surface area contributed by atoms with E-state index in [9.17, 15) is 19.2 Å². The van der Waals surface area contributed by atoms with Crippen LogP contribution in [0.4, 0.5) is 0 Å². The molecule has 370 valence electrons. The molecule has 0 unspecified atom stereocenters. The molecular formula is C66H60N2O6. The molecule has 8 heteroatoms. The highest BCUT2D eigenvalue weighted by Crippen LogP contribution is 2.35. The summed E-state index contributed by atoms with van der Waals surface area (Å²) in [5, 5.41) is 3.59. The number of aryl methyl sites for hydroxylation is 8. The summed E-state index contributed by atoms with van der Waals surface area (Å²) >= 11 is 0. The third-order valence-corrected chi connectivity index (χ3v) is 14.7. The highest BCUT2D eigenvalue weighted by atomic mass is 16.5. The van der Waals surface area contributed by atoms with Crippen molar-refractivity contribution in [3.63, 3.8) is 0 Å². The van der Waals surface area contributed by atoms with Gasteiger partial charge in [0.2, 0.25) is 0 Å². The molecule has 0 fully saturated rings. The molecule has 0 aliphatic carbocycles. The molecule has 10 aromatic rings. The van der Waals surface area contributed by atoms with Crippen molar-refractivity contribution in [3.05, 3.63) is 235 Å². The maximum absolute atomic E-state index is 14.2. The molecule has 10 rings (SSSR count). The highest BCUT2D eigenvalue weighted by molar-refractivity contribution is 6.19. The van der Waals surface area contributed by atoms with Gasteiger partial charge in [-0.05, 0) is 162 Å². The molecule has 0 saturated heterocycles. The Kier molecular flexibility index (Phi) is 13.7. The molecule has 0 aliphatic heterocycles. The van der Waals surface area contributed by atoms with Gasteiger partial charge < -0.3 is 18.6 Å². The Morgan fingerprint density at radius 1 is 0.338 bits per heavy atom. The Balaban J connectivity index is 0.867. The summed E-state index contributed by atoms with van der Waals surface area (Å²) in [6.45, 7) is 18.6. The smallest absolute Gasteiger partial charge is 0.193 e. The first-order valence-corrected chi connectivity index (χ1v) is 25.4. The highest BCUT2D eigenvalue weighted by Gasteiger charge is 2.23. The van der Waals surface area contributed by atoms with E-state index in [4.69, 9.17) is 9.47 Å². The summed E-state index contributed by atoms with van der Waals surface area (Å²) in [5.41, 5.74) is 16.8. The molecule has 0 bridgehead atoms. The van der Waals surface area contributed by atoms with Gasteiger partial charge in [0.1, 0.15) is 0 Å². The lowest BCUT2D eigenvalue weighted by molar-refractivity contribution is 0.0431. The van der Waals surface area contributed by atoms with Gasteiger partial charge in [-0.2, -0.15) is 0 Å². The van der Waals surface area contributed by atoms with Gasteiger partial charge >= 0.3 is 0 Å². The Hall–Kier alpha value is -8.04. The van der Waals surface area contributed by atoms with Gasteiger partial charge in [-0.15, -0.1) is 0 Å². The Labute approximate surface area is 432 Å². The van der Waals surface area contributed by atoms with Crippen LogP contribution < -0.4 is 0 Å². The molecule has 0 saturated carbocycles. The van der Waals surface area contributed by atoms with Crippen molar-refractivity contribution in [2.45, 2.75) is 68.5 Å². The third kappa shape index (κ3) is 9.32. The molecule has 8 nitrogen and oxygen atoms in total. The number of carbonyl (C=O) groups is 4. The van der Waals surface area contributed by atoms with Crippen molar-refractivity contribution in [2.75, 3.05) is 26.4 Å². The number of rotatable bonds is 17. The van der Waals surface area contributed by atoms with E-state index in [-0.39, 0.29) is 23.1 Å². The molecule has 0 aliphatic rings. The SMILES string of the molecule is Cc1cc(C)c(C(=O)c2ccc3c(c2)c2cc(C(=O)c4ccccc4C)ccc2n3CCOCCOCCn2c3ccc(C(=O)c4ccccc4C)cc3c3cc(C(=O)c4c(C)cc(C)cc4C)ccc32)c(C)c1. The summed E-state index contributed by atoms with van der Waals surface area (Å²) in [6.07, 6.45) is 0. The van der Waals surface area contributed by atoms with Crippen LogP contribution in [0, 0.1) is 55.4 Å². The van der Waals surface area contributed by atoms with E-state index in [0.29, 0.717) is 84.0 Å². The summed E-state index contributed by atoms with van der Waals surface area (Å²) in [7, 11) is 0. The van der Waals surface area contributed by atoms with Gasteiger partial charge in [-0.1, -0.05) is 83.9 Å². The first-order valence-electron chi connectivity index (χ1n) is 25.4. The minimum atomic E-state index is -0.0466. The summed E-state index contributed by atoms with van der Waals surface area (Å²) in [5.74, 6) is -0.148. The zero-order valence-electron chi connectivity index (χ0n) is 43.4. The maximum Gasteiger partial charge on any atom is 0.193 e. The second-order valence-electron chi connectivity index (χ2n) is 19.9. The van der Waals surface area contributed by atoms with Gasteiger partial charge in [0.05, 0.1) is 26.4 Å².